The van der Waals surface area contributed by atoms with Gasteiger partial charge >= 0.3 is 0 Å². The third-order valence-corrected chi connectivity index (χ3v) is 5.64. The zero-order valence-corrected chi connectivity index (χ0v) is 13.8. The lowest BCUT2D eigenvalue weighted by Gasteiger charge is -2.34. The lowest BCUT2D eigenvalue weighted by molar-refractivity contribution is 0.220. The number of aryl methyl sites for hydroxylation is 2. The first-order valence-corrected chi connectivity index (χ1v) is 8.55. The van der Waals surface area contributed by atoms with Gasteiger partial charge in [-0.3, -0.25) is 0 Å². The number of fused-ring (bicyclic) bond motifs is 1. The minimum atomic E-state index is 0.508. The third kappa shape index (κ3) is 3.13. The Morgan fingerprint density at radius 2 is 1.86 bits per heavy atom. The molecule has 2 aliphatic carbocycles. The fraction of sp³-hybridized carbons (Fsp3) is 0.778. The van der Waals surface area contributed by atoms with E-state index in [1.54, 1.807) is 0 Å². The fourth-order valence-corrected chi connectivity index (χ4v) is 3.92. The van der Waals surface area contributed by atoms with E-state index in [1.807, 2.05) is 0 Å². The second-order valence-corrected chi connectivity index (χ2v) is 7.88. The SMILES string of the molecule is Cc1nc(C2CCC(C)(C)CC2)nc2c1CC(CN)CC2. The van der Waals surface area contributed by atoms with E-state index in [-0.39, 0.29) is 0 Å². The van der Waals surface area contributed by atoms with Gasteiger partial charge < -0.3 is 5.73 Å². The van der Waals surface area contributed by atoms with Gasteiger partial charge in [0.1, 0.15) is 5.82 Å². The zero-order valence-electron chi connectivity index (χ0n) is 13.8. The Morgan fingerprint density at radius 3 is 2.52 bits per heavy atom. The first-order valence-electron chi connectivity index (χ1n) is 8.55. The van der Waals surface area contributed by atoms with E-state index in [9.17, 15) is 0 Å². The van der Waals surface area contributed by atoms with E-state index in [1.165, 1.54) is 49.1 Å². The van der Waals surface area contributed by atoms with Gasteiger partial charge in [0.25, 0.3) is 0 Å². The molecule has 2 aliphatic rings. The molecule has 0 radical (unpaired) electrons. The maximum absolute atomic E-state index is 5.84. The summed E-state index contributed by atoms with van der Waals surface area (Å²) in [5, 5.41) is 0. The zero-order chi connectivity index (χ0) is 15.0. The minimum Gasteiger partial charge on any atom is -0.330 e. The van der Waals surface area contributed by atoms with Crippen molar-refractivity contribution in [3.05, 3.63) is 22.8 Å². The molecular weight excluding hydrogens is 258 g/mol. The Bertz CT molecular complexity index is 511. The van der Waals surface area contributed by atoms with Crippen molar-refractivity contribution in [2.45, 2.75) is 71.6 Å². The molecule has 3 heteroatoms. The molecule has 21 heavy (non-hydrogen) atoms. The molecule has 0 bridgehead atoms. The molecule has 0 aromatic carbocycles. The van der Waals surface area contributed by atoms with Crippen LogP contribution in [0, 0.1) is 18.3 Å². The van der Waals surface area contributed by atoms with Crippen LogP contribution in [-0.4, -0.2) is 16.5 Å². The molecule has 0 spiro atoms. The van der Waals surface area contributed by atoms with Crippen LogP contribution in [0.1, 0.15) is 74.6 Å². The fourth-order valence-electron chi connectivity index (χ4n) is 3.92. The molecule has 3 nitrogen and oxygen atoms in total. The Kier molecular flexibility index (Phi) is 4.04. The molecule has 0 aliphatic heterocycles. The molecule has 1 heterocycles. The first kappa shape index (κ1) is 15.0. The van der Waals surface area contributed by atoms with Gasteiger partial charge in [-0.15, -0.1) is 0 Å². The van der Waals surface area contributed by atoms with Gasteiger partial charge in [-0.25, -0.2) is 9.97 Å². The van der Waals surface area contributed by atoms with Crippen LogP contribution < -0.4 is 5.73 Å². The third-order valence-electron chi connectivity index (χ3n) is 5.64. The van der Waals surface area contributed by atoms with Crippen LogP contribution in [0.2, 0.25) is 0 Å². The van der Waals surface area contributed by atoms with Crippen molar-refractivity contribution in [2.75, 3.05) is 6.54 Å². The maximum atomic E-state index is 5.84. The lowest BCUT2D eigenvalue weighted by atomic mass is 9.73. The minimum absolute atomic E-state index is 0.508. The van der Waals surface area contributed by atoms with E-state index in [2.05, 4.69) is 20.8 Å². The Balaban J connectivity index is 1.81. The summed E-state index contributed by atoms with van der Waals surface area (Å²) in [7, 11) is 0. The molecule has 1 aromatic heterocycles. The molecule has 1 saturated carbocycles. The number of nitrogens with zero attached hydrogens (tertiary/aromatic N) is 2. The predicted octanol–water partition coefficient (Wildman–Crippen LogP) is 3.53. The largest absolute Gasteiger partial charge is 0.330 e. The van der Waals surface area contributed by atoms with Gasteiger partial charge in [-0.1, -0.05) is 13.8 Å². The highest BCUT2D eigenvalue weighted by atomic mass is 14.9. The number of hydrogen-bond donors (Lipinski definition) is 1. The molecule has 3 rings (SSSR count). The molecule has 1 aromatic rings. The van der Waals surface area contributed by atoms with E-state index < -0.39 is 0 Å². The molecular formula is C18H29N3. The highest BCUT2D eigenvalue weighted by Crippen LogP contribution is 2.42. The number of nitrogens with two attached hydrogens (primary N) is 1. The summed E-state index contributed by atoms with van der Waals surface area (Å²) in [4.78, 5) is 9.84. The molecule has 0 saturated heterocycles. The summed E-state index contributed by atoms with van der Waals surface area (Å²) in [6.45, 7) is 7.72. The quantitative estimate of drug-likeness (QED) is 0.905. The van der Waals surface area contributed by atoms with Crippen molar-refractivity contribution in [1.82, 2.24) is 9.97 Å². The second kappa shape index (κ2) is 5.68. The Hall–Kier alpha value is -0.960. The molecule has 0 amide bonds. The van der Waals surface area contributed by atoms with Crippen LogP contribution in [0.3, 0.4) is 0 Å². The van der Waals surface area contributed by atoms with E-state index >= 15 is 0 Å². The average molecular weight is 287 g/mol. The van der Waals surface area contributed by atoms with Crippen LogP contribution >= 0.6 is 0 Å². The first-order chi connectivity index (χ1) is 9.98. The summed E-state index contributed by atoms with van der Waals surface area (Å²) in [5.74, 6) is 2.32. The maximum Gasteiger partial charge on any atom is 0.131 e. The van der Waals surface area contributed by atoms with Gasteiger partial charge in [-0.2, -0.15) is 0 Å². The molecule has 1 atom stereocenters. The number of hydrogen-bond acceptors (Lipinski definition) is 3. The van der Waals surface area contributed by atoms with Crippen molar-refractivity contribution < 1.29 is 0 Å². The molecule has 116 valence electrons. The van der Waals surface area contributed by atoms with Crippen molar-refractivity contribution in [3.8, 4) is 0 Å². The summed E-state index contributed by atoms with van der Waals surface area (Å²) >= 11 is 0. The smallest absolute Gasteiger partial charge is 0.131 e. The number of rotatable bonds is 2. The van der Waals surface area contributed by atoms with Crippen molar-refractivity contribution in [2.24, 2.45) is 17.1 Å². The van der Waals surface area contributed by atoms with Crippen LogP contribution in [0.15, 0.2) is 0 Å². The molecule has 1 unspecified atom stereocenters. The normalized spacial score (nSPS) is 25.6. The van der Waals surface area contributed by atoms with Crippen LogP contribution in [0.5, 0.6) is 0 Å². The second-order valence-electron chi connectivity index (χ2n) is 7.88. The summed E-state index contributed by atoms with van der Waals surface area (Å²) < 4.78 is 0. The standard InChI is InChI=1S/C18H29N3/c1-12-15-10-13(11-19)4-5-16(15)21-17(20-12)14-6-8-18(2,3)9-7-14/h13-14H,4-11,19H2,1-3H3. The topological polar surface area (TPSA) is 51.8 Å². The number of aromatic nitrogens is 2. The van der Waals surface area contributed by atoms with E-state index in [4.69, 9.17) is 15.7 Å². The van der Waals surface area contributed by atoms with Gasteiger partial charge in [0.05, 0.1) is 0 Å². The van der Waals surface area contributed by atoms with Crippen molar-refractivity contribution in [1.29, 1.82) is 0 Å². The molecule has 2 N–H and O–H groups in total. The summed E-state index contributed by atoms with van der Waals surface area (Å²) in [5.41, 5.74) is 10.3. The van der Waals surface area contributed by atoms with Crippen LogP contribution in [0.4, 0.5) is 0 Å². The van der Waals surface area contributed by atoms with Gasteiger partial charge in [0, 0.05) is 17.3 Å². The highest BCUT2D eigenvalue weighted by molar-refractivity contribution is 5.29. The summed E-state index contributed by atoms with van der Waals surface area (Å²) in [6, 6.07) is 0. The monoisotopic (exact) mass is 287 g/mol. The van der Waals surface area contributed by atoms with Crippen molar-refractivity contribution in [3.63, 3.8) is 0 Å². The van der Waals surface area contributed by atoms with Gasteiger partial charge in [-0.05, 0) is 75.3 Å². The Labute approximate surface area is 128 Å². The van der Waals surface area contributed by atoms with Crippen molar-refractivity contribution >= 4 is 0 Å². The predicted molar refractivity (Wildman–Crippen MR) is 86.3 cm³/mol. The summed E-state index contributed by atoms with van der Waals surface area (Å²) in [6.07, 6.45) is 8.45. The lowest BCUT2D eigenvalue weighted by Crippen LogP contribution is -2.26. The van der Waals surface area contributed by atoms with E-state index in [0.29, 0.717) is 17.3 Å². The van der Waals surface area contributed by atoms with Gasteiger partial charge in [0.2, 0.25) is 0 Å². The highest BCUT2D eigenvalue weighted by Gasteiger charge is 2.30. The molecule has 1 fully saturated rings. The van der Waals surface area contributed by atoms with E-state index in [0.717, 1.165) is 25.2 Å². The van der Waals surface area contributed by atoms with Gasteiger partial charge in [0.15, 0.2) is 0 Å². The van der Waals surface area contributed by atoms with Crippen LogP contribution in [-0.2, 0) is 12.8 Å². The Morgan fingerprint density at radius 1 is 1.14 bits per heavy atom. The van der Waals surface area contributed by atoms with Crippen LogP contribution in [0.25, 0.3) is 0 Å². The average Bonchev–Trinajstić information content (AvgIpc) is 2.47.